The van der Waals surface area contributed by atoms with Crippen molar-refractivity contribution in [1.29, 1.82) is 0 Å². The number of nitrogens with zero attached hydrogens (tertiary/aromatic N) is 4. The normalized spacial score (nSPS) is 12.4. The highest BCUT2D eigenvalue weighted by Gasteiger charge is 2.23. The standard InChI is InChI=1S/C45H28N4/c1-2-13-32(14-3-1)48-39-19-8-6-16-34(39)36-26-28(21-23-41(36)48)29-22-24-42-37(27-29)35-17-7-9-20-40(35)49(42)45-46-38-18-10-12-31-25-30-11-4-5-15-33(30)44(47-45)43(31)38/h1-24,26-27H,25H2. The zero-order valence-electron chi connectivity index (χ0n) is 26.5. The first-order valence-electron chi connectivity index (χ1n) is 16.8. The Morgan fingerprint density at radius 1 is 0.429 bits per heavy atom. The van der Waals surface area contributed by atoms with E-state index in [-0.39, 0.29) is 0 Å². The molecule has 0 amide bonds. The first-order chi connectivity index (χ1) is 24.3. The van der Waals surface area contributed by atoms with E-state index in [9.17, 15) is 0 Å². The topological polar surface area (TPSA) is 35.6 Å². The molecular weight excluding hydrogens is 597 g/mol. The minimum atomic E-state index is 0.699. The van der Waals surface area contributed by atoms with E-state index in [1.165, 1.54) is 66.1 Å². The van der Waals surface area contributed by atoms with Gasteiger partial charge in [-0.15, -0.1) is 0 Å². The lowest BCUT2D eigenvalue weighted by Gasteiger charge is -2.20. The molecule has 0 fully saturated rings. The lowest BCUT2D eigenvalue weighted by atomic mass is 9.88. The molecule has 11 rings (SSSR count). The van der Waals surface area contributed by atoms with Crippen molar-refractivity contribution in [2.75, 3.05) is 0 Å². The van der Waals surface area contributed by atoms with Gasteiger partial charge in [0.1, 0.15) is 0 Å². The quantitative estimate of drug-likeness (QED) is 0.196. The molecule has 1 aliphatic rings. The monoisotopic (exact) mass is 624 g/mol. The van der Waals surface area contributed by atoms with Crippen molar-refractivity contribution >= 4 is 54.5 Å². The molecule has 0 unspecified atom stereocenters. The second-order valence-corrected chi connectivity index (χ2v) is 13.0. The molecule has 0 N–H and O–H groups in total. The molecule has 0 aliphatic heterocycles. The maximum atomic E-state index is 5.34. The van der Waals surface area contributed by atoms with Gasteiger partial charge in [-0.05, 0) is 83.3 Å². The summed E-state index contributed by atoms with van der Waals surface area (Å²) in [6, 6.07) is 56.8. The molecule has 0 saturated heterocycles. The van der Waals surface area contributed by atoms with E-state index < -0.39 is 0 Å². The van der Waals surface area contributed by atoms with E-state index in [0.717, 1.165) is 34.1 Å². The van der Waals surface area contributed by atoms with Crippen LogP contribution in [0.5, 0.6) is 0 Å². The van der Waals surface area contributed by atoms with Crippen LogP contribution in [0.2, 0.25) is 0 Å². The van der Waals surface area contributed by atoms with Gasteiger partial charge in [0, 0.05) is 38.2 Å². The van der Waals surface area contributed by atoms with Gasteiger partial charge >= 0.3 is 0 Å². The van der Waals surface area contributed by atoms with E-state index in [4.69, 9.17) is 9.97 Å². The predicted octanol–water partition coefficient (Wildman–Crippen LogP) is 11.1. The number of benzene rings is 7. The number of rotatable bonds is 3. The summed E-state index contributed by atoms with van der Waals surface area (Å²) in [5.74, 6) is 0.699. The zero-order chi connectivity index (χ0) is 32.1. The summed E-state index contributed by atoms with van der Waals surface area (Å²) < 4.78 is 4.61. The third-order valence-corrected chi connectivity index (χ3v) is 10.3. The van der Waals surface area contributed by atoms with Gasteiger partial charge < -0.3 is 4.57 Å². The average molecular weight is 625 g/mol. The van der Waals surface area contributed by atoms with Gasteiger partial charge in [0.05, 0.1) is 33.3 Å². The van der Waals surface area contributed by atoms with Crippen LogP contribution in [0.4, 0.5) is 0 Å². The SMILES string of the molecule is c1ccc(-n2c3ccccc3c3cc(-c4ccc5c(c4)c4ccccc4n5-c4nc5c6c(cccc6n4)Cc4ccccc4-5)ccc32)cc1. The minimum Gasteiger partial charge on any atom is -0.309 e. The van der Waals surface area contributed by atoms with Gasteiger partial charge in [0.2, 0.25) is 5.95 Å². The molecule has 0 radical (unpaired) electrons. The van der Waals surface area contributed by atoms with Crippen LogP contribution in [0.25, 0.3) is 88.5 Å². The molecule has 3 heterocycles. The van der Waals surface area contributed by atoms with Crippen LogP contribution in [0.15, 0.2) is 158 Å². The summed E-state index contributed by atoms with van der Waals surface area (Å²) >= 11 is 0. The van der Waals surface area contributed by atoms with E-state index in [1.807, 2.05) is 0 Å². The summed E-state index contributed by atoms with van der Waals surface area (Å²) in [6.07, 6.45) is 0.903. The van der Waals surface area contributed by atoms with Crippen LogP contribution in [-0.4, -0.2) is 19.1 Å². The van der Waals surface area contributed by atoms with Gasteiger partial charge in [-0.25, -0.2) is 9.97 Å². The molecule has 228 valence electrons. The second-order valence-electron chi connectivity index (χ2n) is 13.0. The fourth-order valence-corrected chi connectivity index (χ4v) is 8.17. The first kappa shape index (κ1) is 26.5. The molecule has 4 nitrogen and oxygen atoms in total. The number of para-hydroxylation sites is 3. The first-order valence-corrected chi connectivity index (χ1v) is 16.8. The number of fused-ring (bicyclic) bond motifs is 8. The highest BCUT2D eigenvalue weighted by Crippen LogP contribution is 2.41. The highest BCUT2D eigenvalue weighted by molar-refractivity contribution is 6.12. The lowest BCUT2D eigenvalue weighted by Crippen LogP contribution is -2.08. The maximum Gasteiger partial charge on any atom is 0.235 e. The Morgan fingerprint density at radius 3 is 1.78 bits per heavy atom. The van der Waals surface area contributed by atoms with E-state index in [2.05, 4.69) is 167 Å². The van der Waals surface area contributed by atoms with Crippen molar-refractivity contribution < 1.29 is 0 Å². The molecule has 0 saturated carbocycles. The molecule has 0 spiro atoms. The summed E-state index contributed by atoms with van der Waals surface area (Å²) in [7, 11) is 0. The Kier molecular flexibility index (Phi) is 5.41. The van der Waals surface area contributed by atoms with Crippen molar-refractivity contribution in [2.45, 2.75) is 6.42 Å². The predicted molar refractivity (Wildman–Crippen MR) is 202 cm³/mol. The Morgan fingerprint density at radius 2 is 1.02 bits per heavy atom. The molecule has 10 aromatic rings. The summed E-state index contributed by atoms with van der Waals surface area (Å²) in [5, 5.41) is 6.04. The van der Waals surface area contributed by atoms with Crippen LogP contribution in [-0.2, 0) is 6.42 Å². The van der Waals surface area contributed by atoms with E-state index in [0.29, 0.717) is 5.95 Å². The Bertz CT molecular complexity index is 2970. The maximum absolute atomic E-state index is 5.34. The van der Waals surface area contributed by atoms with Crippen molar-refractivity contribution in [3.63, 3.8) is 0 Å². The molecule has 7 aromatic carbocycles. The molecule has 0 bridgehead atoms. The molecule has 1 aliphatic carbocycles. The molecule has 3 aromatic heterocycles. The van der Waals surface area contributed by atoms with Crippen molar-refractivity contribution in [3.05, 3.63) is 169 Å². The Labute approximate surface area is 282 Å². The highest BCUT2D eigenvalue weighted by atomic mass is 15.2. The summed E-state index contributed by atoms with van der Waals surface area (Å²) in [5.41, 5.74) is 13.9. The van der Waals surface area contributed by atoms with Crippen molar-refractivity contribution in [1.82, 2.24) is 19.1 Å². The second kappa shape index (κ2) is 9.99. The molecule has 4 heteroatoms. The van der Waals surface area contributed by atoms with Crippen LogP contribution in [0.1, 0.15) is 11.1 Å². The summed E-state index contributed by atoms with van der Waals surface area (Å²) in [6.45, 7) is 0. The van der Waals surface area contributed by atoms with Gasteiger partial charge in [0.25, 0.3) is 0 Å². The number of hydrogen-bond donors (Lipinski definition) is 0. The summed E-state index contributed by atoms with van der Waals surface area (Å²) in [4.78, 5) is 10.6. The van der Waals surface area contributed by atoms with Gasteiger partial charge in [-0.2, -0.15) is 0 Å². The third-order valence-electron chi connectivity index (χ3n) is 10.3. The molecule has 49 heavy (non-hydrogen) atoms. The molecule has 0 atom stereocenters. The number of hydrogen-bond acceptors (Lipinski definition) is 2. The molecular formula is C45H28N4. The van der Waals surface area contributed by atoms with E-state index in [1.54, 1.807) is 0 Å². The third kappa shape index (κ3) is 3.80. The fraction of sp³-hybridized carbons (Fsp3) is 0.0222. The smallest absolute Gasteiger partial charge is 0.235 e. The largest absolute Gasteiger partial charge is 0.309 e. The van der Waals surface area contributed by atoms with Crippen LogP contribution < -0.4 is 0 Å². The van der Waals surface area contributed by atoms with Crippen molar-refractivity contribution in [3.8, 4) is 34.0 Å². The van der Waals surface area contributed by atoms with Crippen LogP contribution >= 0.6 is 0 Å². The van der Waals surface area contributed by atoms with Gasteiger partial charge in [-0.3, -0.25) is 4.57 Å². The zero-order valence-corrected chi connectivity index (χ0v) is 26.5. The Balaban J connectivity index is 1.12. The lowest BCUT2D eigenvalue weighted by molar-refractivity contribution is 1.01. The number of aromatic nitrogens is 4. The van der Waals surface area contributed by atoms with E-state index >= 15 is 0 Å². The minimum absolute atomic E-state index is 0.699. The van der Waals surface area contributed by atoms with Gasteiger partial charge in [0.15, 0.2) is 0 Å². The van der Waals surface area contributed by atoms with Gasteiger partial charge in [-0.1, -0.05) is 103 Å². The van der Waals surface area contributed by atoms with Crippen LogP contribution in [0.3, 0.4) is 0 Å². The average Bonchev–Trinajstić information content (AvgIpc) is 3.67. The van der Waals surface area contributed by atoms with Crippen molar-refractivity contribution in [2.24, 2.45) is 0 Å². The van der Waals surface area contributed by atoms with Crippen LogP contribution in [0, 0.1) is 0 Å². The Hall–Kier alpha value is -6.52. The fourth-order valence-electron chi connectivity index (χ4n) is 8.17.